The van der Waals surface area contributed by atoms with Crippen LogP contribution in [0.4, 0.5) is 10.6 Å². The van der Waals surface area contributed by atoms with Crippen molar-refractivity contribution in [1.29, 1.82) is 10.8 Å². The van der Waals surface area contributed by atoms with Crippen molar-refractivity contribution in [3.05, 3.63) is 59.7 Å². The van der Waals surface area contributed by atoms with Crippen LogP contribution in [-0.2, 0) is 4.74 Å². The third-order valence-electron chi connectivity index (χ3n) is 5.83. The number of carbonyl (C=O) groups is 1. The lowest BCUT2D eigenvalue weighted by Crippen LogP contribution is -2.39. The van der Waals surface area contributed by atoms with Crippen LogP contribution in [0.25, 0.3) is 16.6 Å². The summed E-state index contributed by atoms with van der Waals surface area (Å²) in [5.74, 6) is 0.920. The third kappa shape index (κ3) is 5.70. The van der Waals surface area contributed by atoms with Crippen LogP contribution in [-0.4, -0.2) is 68.8 Å². The smallest absolute Gasteiger partial charge is 0.410 e. The van der Waals surface area contributed by atoms with Gasteiger partial charge < -0.3 is 24.8 Å². The van der Waals surface area contributed by atoms with E-state index in [1.165, 1.54) is 11.2 Å². The largest absolute Gasteiger partial charge is 0.444 e. The van der Waals surface area contributed by atoms with E-state index in [2.05, 4.69) is 20.3 Å². The number of likely N-dealkylation sites (N-methyl/N-ethyl adjacent to an activating group) is 1. The average Bonchev–Trinajstić information content (AvgIpc) is 3.16. The summed E-state index contributed by atoms with van der Waals surface area (Å²) in [6.45, 7) is 6.66. The molecule has 0 radical (unpaired) electrons. The van der Waals surface area contributed by atoms with Crippen LogP contribution in [0.5, 0.6) is 0 Å². The fraction of sp³-hybridized carbons (Fsp3) is 0.346. The molecule has 188 valence electrons. The molecule has 4 N–H and O–H groups in total. The standard InChI is InChI=1S/C26H32N8O2/c1-26(2,3)36-25(35)34-11-9-17(10-12-34)21-14-20-23(29-16-30-24(20)32-21)31-19-8-6-5-7-18(13-19)22(28)33(4)15-27/h5-6,8-9,13-16,27-28H,7,10-12H2,1-4H3,(H2,29,30,31,32). The number of rotatable bonds is 5. The number of anilines is 1. The fourth-order valence-corrected chi connectivity index (χ4v) is 3.95. The Kier molecular flexibility index (Phi) is 7.05. The summed E-state index contributed by atoms with van der Waals surface area (Å²) in [5, 5.41) is 20.0. The van der Waals surface area contributed by atoms with Crippen molar-refractivity contribution in [2.75, 3.05) is 25.5 Å². The van der Waals surface area contributed by atoms with Gasteiger partial charge in [0, 0.05) is 37.1 Å². The second kappa shape index (κ2) is 10.2. The maximum Gasteiger partial charge on any atom is 0.410 e. The first-order valence-electron chi connectivity index (χ1n) is 11.8. The number of aromatic amines is 1. The van der Waals surface area contributed by atoms with Crippen LogP contribution in [0, 0.1) is 10.8 Å². The van der Waals surface area contributed by atoms with Gasteiger partial charge in [-0.05, 0) is 57.4 Å². The predicted octanol–water partition coefficient (Wildman–Crippen LogP) is 4.68. The van der Waals surface area contributed by atoms with Crippen molar-refractivity contribution in [2.45, 2.75) is 39.2 Å². The number of aromatic nitrogens is 3. The maximum atomic E-state index is 12.4. The van der Waals surface area contributed by atoms with Crippen LogP contribution in [0.15, 0.2) is 54.0 Å². The summed E-state index contributed by atoms with van der Waals surface area (Å²) in [5.41, 5.74) is 3.82. The average molecular weight is 489 g/mol. The van der Waals surface area contributed by atoms with E-state index in [1.807, 2.05) is 57.2 Å². The zero-order valence-electron chi connectivity index (χ0n) is 21.1. The molecule has 10 nitrogen and oxygen atoms in total. The molecule has 36 heavy (non-hydrogen) atoms. The van der Waals surface area contributed by atoms with Gasteiger partial charge in [0.2, 0.25) is 0 Å². The quantitative estimate of drug-likeness (QED) is 0.357. The summed E-state index contributed by atoms with van der Waals surface area (Å²) >= 11 is 0. The number of carbonyl (C=O) groups excluding carboxylic acids is 1. The number of H-pyrrole nitrogens is 1. The van der Waals surface area contributed by atoms with Crippen molar-refractivity contribution < 1.29 is 9.53 Å². The highest BCUT2D eigenvalue weighted by atomic mass is 16.6. The van der Waals surface area contributed by atoms with E-state index in [9.17, 15) is 4.79 Å². The van der Waals surface area contributed by atoms with E-state index in [1.54, 1.807) is 11.9 Å². The Morgan fingerprint density at radius 2 is 2.14 bits per heavy atom. The monoisotopic (exact) mass is 488 g/mol. The van der Waals surface area contributed by atoms with Gasteiger partial charge in [-0.2, -0.15) is 0 Å². The minimum absolute atomic E-state index is 0.269. The Hall–Kier alpha value is -4.21. The van der Waals surface area contributed by atoms with Crippen molar-refractivity contribution in [3.63, 3.8) is 0 Å². The number of hydrogen-bond donors (Lipinski definition) is 4. The molecule has 2 aromatic heterocycles. The second-order valence-electron chi connectivity index (χ2n) is 9.71. The molecule has 2 aliphatic rings. The number of allylic oxidation sites excluding steroid dienone is 4. The molecule has 0 bridgehead atoms. The lowest BCUT2D eigenvalue weighted by Gasteiger charge is -2.29. The molecule has 1 aliphatic heterocycles. The van der Waals surface area contributed by atoms with E-state index >= 15 is 0 Å². The molecular weight excluding hydrogens is 456 g/mol. The molecule has 1 amide bonds. The highest BCUT2D eigenvalue weighted by Gasteiger charge is 2.24. The molecule has 10 heteroatoms. The van der Waals surface area contributed by atoms with Crippen molar-refractivity contribution in [3.8, 4) is 0 Å². The molecule has 0 saturated heterocycles. The first-order valence-corrected chi connectivity index (χ1v) is 11.8. The molecule has 0 aromatic carbocycles. The third-order valence-corrected chi connectivity index (χ3v) is 5.83. The normalized spacial score (nSPS) is 16.0. The second-order valence-corrected chi connectivity index (χ2v) is 9.71. The van der Waals surface area contributed by atoms with Gasteiger partial charge in [-0.3, -0.25) is 10.8 Å². The number of nitrogens with zero attached hydrogens (tertiary/aromatic N) is 4. The van der Waals surface area contributed by atoms with Gasteiger partial charge in [0.15, 0.2) is 0 Å². The summed E-state index contributed by atoms with van der Waals surface area (Å²) in [6, 6.07) is 2.02. The highest BCUT2D eigenvalue weighted by molar-refractivity contribution is 6.02. The minimum Gasteiger partial charge on any atom is -0.444 e. The molecule has 0 atom stereocenters. The van der Waals surface area contributed by atoms with E-state index in [0.29, 0.717) is 37.4 Å². The van der Waals surface area contributed by atoms with Crippen molar-refractivity contribution >= 4 is 40.7 Å². The van der Waals surface area contributed by atoms with Crippen LogP contribution >= 0.6 is 0 Å². The van der Waals surface area contributed by atoms with E-state index in [4.69, 9.17) is 15.6 Å². The Morgan fingerprint density at radius 3 is 2.83 bits per heavy atom. The first kappa shape index (κ1) is 24.9. The number of ether oxygens (including phenoxy) is 1. The van der Waals surface area contributed by atoms with Crippen molar-refractivity contribution in [2.24, 2.45) is 0 Å². The Bertz CT molecular complexity index is 1310. The molecule has 0 fully saturated rings. The predicted molar refractivity (Wildman–Crippen MR) is 142 cm³/mol. The summed E-state index contributed by atoms with van der Waals surface area (Å²) < 4.78 is 5.49. The molecule has 0 saturated carbocycles. The zero-order valence-corrected chi connectivity index (χ0v) is 21.1. The van der Waals surface area contributed by atoms with E-state index in [-0.39, 0.29) is 11.9 Å². The summed E-state index contributed by atoms with van der Waals surface area (Å²) in [4.78, 5) is 27.8. The number of amidine groups is 1. The van der Waals surface area contributed by atoms with Gasteiger partial charge in [-0.15, -0.1) is 0 Å². The summed E-state index contributed by atoms with van der Waals surface area (Å²) in [7, 11) is 1.68. The number of hydrogen-bond acceptors (Lipinski definition) is 7. The van der Waals surface area contributed by atoms with Crippen LogP contribution < -0.4 is 5.32 Å². The minimum atomic E-state index is -0.519. The number of amides is 1. The SMILES string of the molecule is CN(C=N)C(=N)C1=CC(Nc2ncnc3[nH]c(C4=CCN(C(=O)OC(C)(C)C)CC4)cc23)=CC=CC1. The Morgan fingerprint density at radius 1 is 1.33 bits per heavy atom. The van der Waals surface area contributed by atoms with Gasteiger partial charge in [0.05, 0.1) is 11.7 Å². The Balaban J connectivity index is 1.54. The molecule has 3 heterocycles. The van der Waals surface area contributed by atoms with Crippen LogP contribution in [0.2, 0.25) is 0 Å². The van der Waals surface area contributed by atoms with Gasteiger partial charge in [0.25, 0.3) is 0 Å². The van der Waals surface area contributed by atoms with E-state index in [0.717, 1.165) is 34.3 Å². The fourth-order valence-electron chi connectivity index (χ4n) is 3.95. The molecule has 4 rings (SSSR count). The first-order chi connectivity index (χ1) is 17.1. The lowest BCUT2D eigenvalue weighted by molar-refractivity contribution is 0.0270. The van der Waals surface area contributed by atoms with Gasteiger partial charge in [-0.1, -0.05) is 18.2 Å². The summed E-state index contributed by atoms with van der Waals surface area (Å²) in [6.07, 6.45) is 13.4. The van der Waals surface area contributed by atoms with Crippen LogP contribution in [0.3, 0.4) is 0 Å². The topological polar surface area (TPSA) is 134 Å². The molecule has 0 unspecified atom stereocenters. The molecular formula is C26H32N8O2. The van der Waals surface area contributed by atoms with Crippen LogP contribution in [0.1, 0.15) is 39.3 Å². The number of fused-ring (bicyclic) bond motifs is 1. The number of nitrogens with one attached hydrogen (secondary N) is 4. The lowest BCUT2D eigenvalue weighted by atomic mass is 10.1. The highest BCUT2D eigenvalue weighted by Crippen LogP contribution is 2.29. The van der Waals surface area contributed by atoms with Crippen molar-refractivity contribution in [1.82, 2.24) is 24.8 Å². The molecule has 1 aliphatic carbocycles. The maximum absolute atomic E-state index is 12.4. The molecule has 0 spiro atoms. The Labute approximate surface area is 210 Å². The molecule has 2 aromatic rings. The van der Waals surface area contributed by atoms with E-state index < -0.39 is 5.60 Å². The van der Waals surface area contributed by atoms with Gasteiger partial charge in [-0.25, -0.2) is 14.8 Å². The zero-order chi connectivity index (χ0) is 25.9. The van der Waals surface area contributed by atoms with Gasteiger partial charge in [0.1, 0.15) is 29.2 Å². The van der Waals surface area contributed by atoms with Gasteiger partial charge >= 0.3 is 6.09 Å².